The van der Waals surface area contributed by atoms with Crippen LogP contribution in [0.1, 0.15) is 24.7 Å². The highest BCUT2D eigenvalue weighted by Crippen LogP contribution is 2.04. The maximum atomic E-state index is 4.37. The number of hydrogen-bond donors (Lipinski definition) is 1. The zero-order chi connectivity index (χ0) is 11.9. The van der Waals surface area contributed by atoms with Crippen molar-refractivity contribution in [2.24, 2.45) is 0 Å². The van der Waals surface area contributed by atoms with Crippen molar-refractivity contribution in [3.8, 4) is 0 Å². The average molecular weight is 250 g/mol. The van der Waals surface area contributed by atoms with Gasteiger partial charge in [-0.25, -0.2) is 9.97 Å². The lowest BCUT2D eigenvalue weighted by molar-refractivity contribution is 0.661. The van der Waals surface area contributed by atoms with Gasteiger partial charge in [0.2, 0.25) is 0 Å². The van der Waals surface area contributed by atoms with Gasteiger partial charge in [0.15, 0.2) is 0 Å². The lowest BCUT2D eigenvalue weighted by Gasteiger charge is -2.00. The molecule has 0 aliphatic carbocycles. The number of thiazole rings is 1. The Labute approximate surface area is 106 Å². The third-order valence-corrected chi connectivity index (χ3v) is 3.16. The fourth-order valence-electron chi connectivity index (χ4n) is 1.62. The number of rotatable bonds is 7. The molecule has 1 N–H and O–H groups in total. The molecule has 0 radical (unpaired) electrons. The maximum absolute atomic E-state index is 4.37. The summed E-state index contributed by atoms with van der Waals surface area (Å²) in [5.41, 5.74) is 4.15. The van der Waals surface area contributed by atoms with E-state index in [4.69, 9.17) is 0 Å². The molecule has 2 aromatic heterocycles. The molecule has 0 unspecified atom stereocenters. The zero-order valence-electron chi connectivity index (χ0n) is 10.1. The van der Waals surface area contributed by atoms with Crippen molar-refractivity contribution in [1.82, 2.24) is 19.9 Å². The van der Waals surface area contributed by atoms with Gasteiger partial charge in [-0.3, -0.25) is 0 Å². The first-order valence-electron chi connectivity index (χ1n) is 5.97. The topological polar surface area (TPSA) is 42.7 Å². The van der Waals surface area contributed by atoms with Crippen LogP contribution in [0.15, 0.2) is 23.4 Å². The van der Waals surface area contributed by atoms with Gasteiger partial charge in [0, 0.05) is 31.1 Å². The molecule has 0 aliphatic rings. The Balaban J connectivity index is 1.77. The molecule has 2 rings (SSSR count). The first-order chi connectivity index (χ1) is 8.38. The van der Waals surface area contributed by atoms with Crippen LogP contribution in [-0.2, 0) is 19.5 Å². The highest BCUT2D eigenvalue weighted by molar-refractivity contribution is 7.07. The standard InChI is InChI=1S/C12H18N4S/c1-2-4-13-6-12-7-16(9-14-12)5-3-11-8-17-10-15-11/h7-10,13H,2-6H2,1H3. The van der Waals surface area contributed by atoms with E-state index < -0.39 is 0 Å². The smallest absolute Gasteiger partial charge is 0.0950 e. The lowest BCUT2D eigenvalue weighted by Crippen LogP contribution is -2.13. The minimum absolute atomic E-state index is 0.859. The van der Waals surface area contributed by atoms with E-state index in [9.17, 15) is 0 Å². The van der Waals surface area contributed by atoms with Crippen molar-refractivity contribution in [3.05, 3.63) is 34.8 Å². The molecule has 2 heterocycles. The van der Waals surface area contributed by atoms with Gasteiger partial charge in [0.25, 0.3) is 0 Å². The van der Waals surface area contributed by atoms with Gasteiger partial charge in [0.05, 0.1) is 23.2 Å². The SMILES string of the molecule is CCCNCc1cn(CCc2cscn2)cn1. The molecular formula is C12H18N4S. The van der Waals surface area contributed by atoms with Crippen LogP contribution >= 0.6 is 11.3 Å². The second kappa shape index (κ2) is 6.51. The summed E-state index contributed by atoms with van der Waals surface area (Å²) in [7, 11) is 0. The van der Waals surface area contributed by atoms with Gasteiger partial charge < -0.3 is 9.88 Å². The Morgan fingerprint density at radius 2 is 2.29 bits per heavy atom. The molecular weight excluding hydrogens is 232 g/mol. The molecule has 0 bridgehead atoms. The van der Waals surface area contributed by atoms with Gasteiger partial charge >= 0.3 is 0 Å². The number of aromatic nitrogens is 3. The summed E-state index contributed by atoms with van der Waals surface area (Å²) in [6.07, 6.45) is 6.14. The van der Waals surface area contributed by atoms with E-state index in [1.807, 2.05) is 11.8 Å². The lowest BCUT2D eigenvalue weighted by atomic mass is 10.3. The Morgan fingerprint density at radius 1 is 1.35 bits per heavy atom. The molecule has 0 aromatic carbocycles. The van der Waals surface area contributed by atoms with Crippen LogP contribution in [0.3, 0.4) is 0 Å². The van der Waals surface area contributed by atoms with Crippen LogP contribution in [0.5, 0.6) is 0 Å². The molecule has 5 heteroatoms. The van der Waals surface area contributed by atoms with Gasteiger partial charge in [-0.05, 0) is 13.0 Å². The van der Waals surface area contributed by atoms with Crippen LogP contribution in [-0.4, -0.2) is 21.1 Å². The van der Waals surface area contributed by atoms with Crippen molar-refractivity contribution in [1.29, 1.82) is 0 Å². The van der Waals surface area contributed by atoms with E-state index in [1.54, 1.807) is 11.3 Å². The van der Waals surface area contributed by atoms with Gasteiger partial charge in [-0.2, -0.15) is 0 Å². The van der Waals surface area contributed by atoms with Crippen molar-refractivity contribution >= 4 is 11.3 Å². The van der Waals surface area contributed by atoms with E-state index in [0.29, 0.717) is 0 Å². The molecule has 0 spiro atoms. The molecule has 17 heavy (non-hydrogen) atoms. The van der Waals surface area contributed by atoms with Crippen molar-refractivity contribution in [3.63, 3.8) is 0 Å². The predicted molar refractivity (Wildman–Crippen MR) is 70.0 cm³/mol. The van der Waals surface area contributed by atoms with Crippen molar-refractivity contribution < 1.29 is 0 Å². The summed E-state index contributed by atoms with van der Waals surface area (Å²) in [6.45, 7) is 5.02. The first-order valence-corrected chi connectivity index (χ1v) is 6.91. The van der Waals surface area contributed by atoms with Crippen LogP contribution in [0, 0.1) is 0 Å². The molecule has 0 saturated carbocycles. The van der Waals surface area contributed by atoms with E-state index >= 15 is 0 Å². The molecule has 92 valence electrons. The highest BCUT2D eigenvalue weighted by Gasteiger charge is 2.00. The quantitative estimate of drug-likeness (QED) is 0.765. The van der Waals surface area contributed by atoms with E-state index in [1.165, 1.54) is 0 Å². The van der Waals surface area contributed by atoms with E-state index in [2.05, 4.69) is 38.4 Å². The first kappa shape index (κ1) is 12.3. The summed E-state index contributed by atoms with van der Waals surface area (Å²) in [4.78, 5) is 8.64. The fourth-order valence-corrected chi connectivity index (χ4v) is 2.21. The maximum Gasteiger partial charge on any atom is 0.0950 e. The van der Waals surface area contributed by atoms with Crippen LogP contribution in [0.2, 0.25) is 0 Å². The largest absolute Gasteiger partial charge is 0.337 e. The van der Waals surface area contributed by atoms with Gasteiger partial charge in [0.1, 0.15) is 0 Å². The second-order valence-corrected chi connectivity index (χ2v) is 4.73. The van der Waals surface area contributed by atoms with E-state index in [-0.39, 0.29) is 0 Å². The van der Waals surface area contributed by atoms with Crippen molar-refractivity contribution in [2.75, 3.05) is 6.54 Å². The molecule has 2 aromatic rings. The van der Waals surface area contributed by atoms with Crippen LogP contribution in [0.25, 0.3) is 0 Å². The minimum Gasteiger partial charge on any atom is -0.337 e. The Kier molecular flexibility index (Phi) is 4.70. The molecule has 4 nitrogen and oxygen atoms in total. The Hall–Kier alpha value is -1.20. The van der Waals surface area contributed by atoms with E-state index in [0.717, 1.165) is 43.9 Å². The normalized spacial score (nSPS) is 10.9. The van der Waals surface area contributed by atoms with Crippen LogP contribution in [0.4, 0.5) is 0 Å². The highest BCUT2D eigenvalue weighted by atomic mass is 32.1. The number of nitrogens with zero attached hydrogens (tertiary/aromatic N) is 3. The average Bonchev–Trinajstić information content (AvgIpc) is 2.98. The number of imidazole rings is 1. The molecule has 0 atom stereocenters. The minimum atomic E-state index is 0.859. The molecule has 0 aliphatic heterocycles. The molecule has 0 amide bonds. The summed E-state index contributed by atoms with van der Waals surface area (Å²) < 4.78 is 2.13. The number of aryl methyl sites for hydroxylation is 2. The Bertz CT molecular complexity index is 421. The molecule has 0 saturated heterocycles. The summed E-state index contributed by atoms with van der Waals surface area (Å²) >= 11 is 1.65. The summed E-state index contributed by atoms with van der Waals surface area (Å²) in [5.74, 6) is 0. The Morgan fingerprint density at radius 3 is 3.06 bits per heavy atom. The third-order valence-electron chi connectivity index (χ3n) is 2.53. The summed E-state index contributed by atoms with van der Waals surface area (Å²) in [6, 6.07) is 0. The second-order valence-electron chi connectivity index (χ2n) is 4.01. The number of nitrogens with one attached hydrogen (secondary N) is 1. The van der Waals surface area contributed by atoms with Gasteiger partial charge in [-0.15, -0.1) is 11.3 Å². The predicted octanol–water partition coefficient (Wildman–Crippen LogP) is 2.08. The third kappa shape index (κ3) is 3.94. The van der Waals surface area contributed by atoms with Crippen molar-refractivity contribution in [2.45, 2.75) is 32.9 Å². The summed E-state index contributed by atoms with van der Waals surface area (Å²) in [5, 5.41) is 5.45. The number of hydrogen-bond acceptors (Lipinski definition) is 4. The van der Waals surface area contributed by atoms with Crippen LogP contribution < -0.4 is 5.32 Å². The van der Waals surface area contributed by atoms with Gasteiger partial charge in [-0.1, -0.05) is 6.92 Å². The monoisotopic (exact) mass is 250 g/mol. The fraction of sp³-hybridized carbons (Fsp3) is 0.500. The molecule has 0 fully saturated rings. The zero-order valence-corrected chi connectivity index (χ0v) is 10.9.